The van der Waals surface area contributed by atoms with Crippen LogP contribution in [0.4, 0.5) is 27.6 Å². The number of benzene rings is 2. The summed E-state index contributed by atoms with van der Waals surface area (Å²) in [5.41, 5.74) is 4.54. The highest BCUT2D eigenvalue weighted by Gasteiger charge is 2.30. The zero-order valence-corrected chi connectivity index (χ0v) is 10.7. The van der Waals surface area contributed by atoms with Gasteiger partial charge in [-0.25, -0.2) is 8.78 Å². The standard InChI is InChI=1S/C13H8F5NS/c14-8-2-4-11(9(15)6-8)20-12-3-1-7(5-10(12)19)13(16,17)18/h1-6H,19H2. The summed E-state index contributed by atoms with van der Waals surface area (Å²) >= 11 is 0.835. The van der Waals surface area contributed by atoms with Gasteiger partial charge in [0.05, 0.1) is 5.56 Å². The summed E-state index contributed by atoms with van der Waals surface area (Å²) in [4.78, 5) is 0.348. The Morgan fingerprint density at radius 2 is 1.55 bits per heavy atom. The van der Waals surface area contributed by atoms with E-state index in [1.54, 1.807) is 0 Å². The highest BCUT2D eigenvalue weighted by atomic mass is 32.2. The number of halogens is 5. The largest absolute Gasteiger partial charge is 0.416 e. The average molecular weight is 305 g/mol. The predicted molar refractivity (Wildman–Crippen MR) is 66.3 cm³/mol. The molecular formula is C13H8F5NS. The van der Waals surface area contributed by atoms with Gasteiger partial charge in [0.1, 0.15) is 11.6 Å². The van der Waals surface area contributed by atoms with Crippen LogP contribution in [0.2, 0.25) is 0 Å². The normalized spacial score (nSPS) is 11.7. The summed E-state index contributed by atoms with van der Waals surface area (Å²) in [5, 5.41) is 0. The van der Waals surface area contributed by atoms with Crippen LogP contribution >= 0.6 is 11.8 Å². The molecule has 0 heterocycles. The van der Waals surface area contributed by atoms with Crippen molar-refractivity contribution in [3.8, 4) is 0 Å². The van der Waals surface area contributed by atoms with Gasteiger partial charge in [-0.2, -0.15) is 13.2 Å². The number of nitrogen functional groups attached to an aromatic ring is 1. The Morgan fingerprint density at radius 3 is 2.10 bits per heavy atom. The van der Waals surface area contributed by atoms with Crippen molar-refractivity contribution >= 4 is 17.4 Å². The molecule has 1 nitrogen and oxygen atoms in total. The van der Waals surface area contributed by atoms with Crippen molar-refractivity contribution < 1.29 is 22.0 Å². The molecule has 0 amide bonds. The molecule has 2 aromatic rings. The molecule has 0 unspecified atom stereocenters. The number of rotatable bonds is 2. The van der Waals surface area contributed by atoms with Gasteiger partial charge < -0.3 is 5.73 Å². The molecule has 2 rings (SSSR count). The molecule has 2 aromatic carbocycles. The van der Waals surface area contributed by atoms with Crippen LogP contribution in [0.5, 0.6) is 0 Å². The summed E-state index contributed by atoms with van der Waals surface area (Å²) in [6, 6.07) is 5.76. The van der Waals surface area contributed by atoms with E-state index in [0.717, 1.165) is 36.0 Å². The monoisotopic (exact) mass is 305 g/mol. The molecule has 0 aliphatic rings. The molecular weight excluding hydrogens is 297 g/mol. The van der Waals surface area contributed by atoms with Crippen LogP contribution in [0.25, 0.3) is 0 Å². The van der Waals surface area contributed by atoms with Gasteiger partial charge in [0.2, 0.25) is 0 Å². The van der Waals surface area contributed by atoms with Crippen molar-refractivity contribution in [3.63, 3.8) is 0 Å². The van der Waals surface area contributed by atoms with E-state index in [-0.39, 0.29) is 15.5 Å². The second-order valence-electron chi connectivity index (χ2n) is 3.93. The number of hydrogen-bond donors (Lipinski definition) is 1. The topological polar surface area (TPSA) is 26.0 Å². The van der Waals surface area contributed by atoms with Crippen molar-refractivity contribution in [1.82, 2.24) is 0 Å². The number of alkyl halides is 3. The highest BCUT2D eigenvalue weighted by molar-refractivity contribution is 7.99. The second kappa shape index (κ2) is 5.32. The zero-order valence-electron chi connectivity index (χ0n) is 9.84. The Morgan fingerprint density at radius 1 is 0.900 bits per heavy atom. The average Bonchev–Trinajstić information content (AvgIpc) is 2.33. The van der Waals surface area contributed by atoms with Gasteiger partial charge in [-0.05, 0) is 30.3 Å². The van der Waals surface area contributed by atoms with Gasteiger partial charge in [-0.1, -0.05) is 11.8 Å². The minimum Gasteiger partial charge on any atom is -0.398 e. The van der Waals surface area contributed by atoms with Gasteiger partial charge in [0, 0.05) is 21.5 Å². The Bertz CT molecular complexity index is 639. The number of anilines is 1. The molecule has 20 heavy (non-hydrogen) atoms. The van der Waals surface area contributed by atoms with E-state index in [0.29, 0.717) is 6.07 Å². The van der Waals surface area contributed by atoms with Crippen LogP contribution in [-0.4, -0.2) is 0 Å². The van der Waals surface area contributed by atoms with Crippen molar-refractivity contribution in [2.75, 3.05) is 5.73 Å². The molecule has 0 atom stereocenters. The fourth-order valence-electron chi connectivity index (χ4n) is 1.49. The smallest absolute Gasteiger partial charge is 0.398 e. The van der Waals surface area contributed by atoms with E-state index in [2.05, 4.69) is 0 Å². The lowest BCUT2D eigenvalue weighted by Crippen LogP contribution is -2.05. The van der Waals surface area contributed by atoms with Crippen molar-refractivity contribution in [2.24, 2.45) is 0 Å². The first-order valence-corrected chi connectivity index (χ1v) is 6.18. The minimum atomic E-state index is -4.49. The van der Waals surface area contributed by atoms with Gasteiger partial charge in [0.25, 0.3) is 0 Å². The number of nitrogens with two attached hydrogens (primary N) is 1. The molecule has 0 aromatic heterocycles. The Labute approximate surface area is 115 Å². The third kappa shape index (κ3) is 3.22. The number of hydrogen-bond acceptors (Lipinski definition) is 2. The molecule has 0 saturated heterocycles. The van der Waals surface area contributed by atoms with E-state index in [4.69, 9.17) is 5.73 Å². The summed E-state index contributed by atoms with van der Waals surface area (Å²) in [6.07, 6.45) is -4.49. The molecule has 0 aliphatic heterocycles. The summed E-state index contributed by atoms with van der Waals surface area (Å²) in [5.74, 6) is -1.53. The van der Waals surface area contributed by atoms with Gasteiger partial charge >= 0.3 is 6.18 Å². The maximum atomic E-state index is 13.5. The van der Waals surface area contributed by atoms with E-state index < -0.39 is 23.4 Å². The molecule has 0 fully saturated rings. The zero-order chi connectivity index (χ0) is 14.9. The summed E-state index contributed by atoms with van der Waals surface area (Å²) in [6.45, 7) is 0. The molecule has 0 saturated carbocycles. The Balaban J connectivity index is 2.30. The molecule has 0 spiro atoms. The Kier molecular flexibility index (Phi) is 3.89. The molecule has 106 valence electrons. The predicted octanol–water partition coefficient (Wildman–Crippen LogP) is 4.72. The minimum absolute atomic E-state index is 0.0814. The quantitative estimate of drug-likeness (QED) is 0.642. The van der Waals surface area contributed by atoms with Crippen LogP contribution in [0, 0.1) is 11.6 Å². The van der Waals surface area contributed by atoms with Gasteiger partial charge in [-0.15, -0.1) is 0 Å². The first-order valence-electron chi connectivity index (χ1n) is 5.37. The van der Waals surface area contributed by atoms with Gasteiger partial charge in [-0.3, -0.25) is 0 Å². The molecule has 0 aliphatic carbocycles. The van der Waals surface area contributed by atoms with Gasteiger partial charge in [0.15, 0.2) is 0 Å². The van der Waals surface area contributed by atoms with Crippen LogP contribution in [0.3, 0.4) is 0 Å². The van der Waals surface area contributed by atoms with E-state index in [9.17, 15) is 22.0 Å². The van der Waals surface area contributed by atoms with Crippen molar-refractivity contribution in [3.05, 3.63) is 53.6 Å². The fourth-order valence-corrected chi connectivity index (χ4v) is 2.34. The van der Waals surface area contributed by atoms with E-state index in [1.165, 1.54) is 6.07 Å². The molecule has 2 N–H and O–H groups in total. The maximum Gasteiger partial charge on any atom is 0.416 e. The van der Waals surface area contributed by atoms with Crippen LogP contribution in [0.1, 0.15) is 5.56 Å². The fraction of sp³-hybridized carbons (Fsp3) is 0.0769. The first-order chi connectivity index (χ1) is 9.27. The maximum absolute atomic E-state index is 13.5. The third-order valence-electron chi connectivity index (χ3n) is 2.45. The lowest BCUT2D eigenvalue weighted by atomic mass is 10.2. The Hall–Kier alpha value is -1.76. The van der Waals surface area contributed by atoms with Crippen molar-refractivity contribution in [2.45, 2.75) is 16.0 Å². The SMILES string of the molecule is Nc1cc(C(F)(F)F)ccc1Sc1ccc(F)cc1F. The summed E-state index contributed by atoms with van der Waals surface area (Å²) < 4.78 is 63.6. The first kappa shape index (κ1) is 14.6. The second-order valence-corrected chi connectivity index (χ2v) is 5.01. The van der Waals surface area contributed by atoms with Crippen LogP contribution < -0.4 is 5.73 Å². The molecule has 7 heteroatoms. The van der Waals surface area contributed by atoms with Crippen LogP contribution in [-0.2, 0) is 6.18 Å². The third-order valence-corrected chi connectivity index (χ3v) is 3.59. The van der Waals surface area contributed by atoms with Crippen LogP contribution in [0.15, 0.2) is 46.2 Å². The molecule has 0 bridgehead atoms. The van der Waals surface area contributed by atoms with E-state index in [1.807, 2.05) is 0 Å². The lowest BCUT2D eigenvalue weighted by molar-refractivity contribution is -0.137. The van der Waals surface area contributed by atoms with Crippen molar-refractivity contribution in [1.29, 1.82) is 0 Å². The lowest BCUT2D eigenvalue weighted by Gasteiger charge is -2.11. The summed E-state index contributed by atoms with van der Waals surface area (Å²) in [7, 11) is 0. The molecule has 0 radical (unpaired) electrons. The highest BCUT2D eigenvalue weighted by Crippen LogP contribution is 2.37. The van der Waals surface area contributed by atoms with E-state index >= 15 is 0 Å².